The normalized spacial score (nSPS) is 20.7. The number of aliphatic hydroxyl groups excluding tert-OH is 1. The number of β-amino-alcohol motifs (C(OH)–C–C–N with tert-alkyl or cyclic N) is 1. The van der Waals surface area contributed by atoms with Gasteiger partial charge in [0.2, 0.25) is 0 Å². The number of amides is 1. The van der Waals surface area contributed by atoms with Gasteiger partial charge in [-0.3, -0.25) is 9.78 Å². The van der Waals surface area contributed by atoms with Crippen LogP contribution in [0.25, 0.3) is 0 Å². The molecule has 142 valence electrons. The van der Waals surface area contributed by atoms with Crippen LogP contribution in [0.3, 0.4) is 0 Å². The fourth-order valence-corrected chi connectivity index (χ4v) is 3.62. The summed E-state index contributed by atoms with van der Waals surface area (Å²) in [5.41, 5.74) is 0.602. The first kappa shape index (κ1) is 17.7. The Morgan fingerprint density at radius 2 is 1.96 bits per heavy atom. The fourth-order valence-electron chi connectivity index (χ4n) is 3.62. The first-order chi connectivity index (χ1) is 13.2. The van der Waals surface area contributed by atoms with Crippen LogP contribution in [0.15, 0.2) is 42.9 Å². The van der Waals surface area contributed by atoms with Gasteiger partial charge in [-0.2, -0.15) is 0 Å². The summed E-state index contributed by atoms with van der Waals surface area (Å²) in [5.74, 6) is 1.59. The molecule has 0 unspecified atom stereocenters. The van der Waals surface area contributed by atoms with Crippen LogP contribution in [0.4, 0.5) is 5.82 Å². The maximum absolute atomic E-state index is 12.7. The Bertz CT molecular complexity index is 761. The van der Waals surface area contributed by atoms with Crippen LogP contribution in [0.5, 0.6) is 5.75 Å². The van der Waals surface area contributed by atoms with E-state index in [1.165, 1.54) is 0 Å². The molecule has 0 spiro atoms. The number of likely N-dealkylation sites (tertiary alicyclic amines) is 1. The molecule has 1 atom stereocenters. The minimum absolute atomic E-state index is 0.00957. The van der Waals surface area contributed by atoms with Gasteiger partial charge in [-0.25, -0.2) is 4.98 Å². The molecule has 4 rings (SSSR count). The number of nitrogens with zero attached hydrogens (tertiary/aromatic N) is 4. The summed E-state index contributed by atoms with van der Waals surface area (Å²) in [4.78, 5) is 25.1. The summed E-state index contributed by atoms with van der Waals surface area (Å²) < 4.78 is 5.93. The lowest BCUT2D eigenvalue weighted by Gasteiger charge is -2.32. The van der Waals surface area contributed by atoms with Crippen molar-refractivity contribution in [1.82, 2.24) is 14.9 Å². The lowest BCUT2D eigenvalue weighted by atomic mass is 10.1. The van der Waals surface area contributed by atoms with E-state index in [1.807, 2.05) is 34.1 Å². The summed E-state index contributed by atoms with van der Waals surface area (Å²) in [6, 6.07) is 7.45. The second kappa shape index (κ2) is 7.92. The molecule has 4 heterocycles. The minimum Gasteiger partial charge on any atom is -0.489 e. The molecule has 2 fully saturated rings. The van der Waals surface area contributed by atoms with Crippen molar-refractivity contribution in [1.29, 1.82) is 0 Å². The Labute approximate surface area is 158 Å². The standard InChI is InChI=1S/C20H24N4O3/c25-16-5-9-24(14-16)19-4-3-15(12-22-19)20(26)23-10-6-17(7-11-23)27-18-2-1-8-21-13-18/h1-4,8,12-13,16-17,25H,5-7,9-11,14H2/t16-/m0/s1. The van der Waals surface area contributed by atoms with Crippen molar-refractivity contribution < 1.29 is 14.6 Å². The molecule has 2 aromatic rings. The predicted octanol–water partition coefficient (Wildman–Crippen LogP) is 1.73. The van der Waals surface area contributed by atoms with E-state index in [-0.39, 0.29) is 18.1 Å². The largest absolute Gasteiger partial charge is 0.489 e. The maximum atomic E-state index is 12.7. The molecule has 0 saturated carbocycles. The molecule has 0 aromatic carbocycles. The number of rotatable bonds is 4. The van der Waals surface area contributed by atoms with Crippen molar-refractivity contribution in [2.24, 2.45) is 0 Å². The molecule has 0 aliphatic carbocycles. The number of anilines is 1. The molecule has 1 N–H and O–H groups in total. The van der Waals surface area contributed by atoms with Crippen LogP contribution < -0.4 is 9.64 Å². The zero-order valence-corrected chi connectivity index (χ0v) is 15.2. The van der Waals surface area contributed by atoms with Gasteiger partial charge in [0.25, 0.3) is 5.91 Å². The third-order valence-electron chi connectivity index (χ3n) is 5.15. The highest BCUT2D eigenvalue weighted by atomic mass is 16.5. The molecule has 27 heavy (non-hydrogen) atoms. The first-order valence-electron chi connectivity index (χ1n) is 9.44. The van der Waals surface area contributed by atoms with Crippen molar-refractivity contribution in [2.75, 3.05) is 31.1 Å². The number of hydrogen-bond donors (Lipinski definition) is 1. The number of carbonyl (C=O) groups is 1. The van der Waals surface area contributed by atoms with Crippen LogP contribution in [-0.2, 0) is 0 Å². The SMILES string of the molecule is O=C(c1ccc(N2CC[C@H](O)C2)nc1)N1CCC(Oc2cccnc2)CC1. The number of pyridine rings is 2. The van der Waals surface area contributed by atoms with Gasteiger partial charge in [-0.1, -0.05) is 0 Å². The third-order valence-corrected chi connectivity index (χ3v) is 5.15. The van der Waals surface area contributed by atoms with Crippen molar-refractivity contribution in [3.8, 4) is 5.75 Å². The van der Waals surface area contributed by atoms with E-state index in [0.29, 0.717) is 25.2 Å². The molecule has 1 amide bonds. The average molecular weight is 368 g/mol. The second-order valence-corrected chi connectivity index (χ2v) is 7.09. The molecule has 0 radical (unpaired) electrons. The van der Waals surface area contributed by atoms with Gasteiger partial charge < -0.3 is 19.6 Å². The number of hydrogen-bond acceptors (Lipinski definition) is 6. The van der Waals surface area contributed by atoms with Crippen LogP contribution in [0.2, 0.25) is 0 Å². The predicted molar refractivity (Wildman–Crippen MR) is 101 cm³/mol. The van der Waals surface area contributed by atoms with E-state index in [4.69, 9.17) is 4.74 Å². The third kappa shape index (κ3) is 4.19. The lowest BCUT2D eigenvalue weighted by molar-refractivity contribution is 0.0594. The quantitative estimate of drug-likeness (QED) is 0.886. The number of aliphatic hydroxyl groups is 1. The molecule has 7 nitrogen and oxygen atoms in total. The summed E-state index contributed by atoms with van der Waals surface area (Å²) in [6.45, 7) is 2.74. The van der Waals surface area contributed by atoms with Gasteiger partial charge >= 0.3 is 0 Å². The van der Waals surface area contributed by atoms with Gasteiger partial charge in [-0.15, -0.1) is 0 Å². The van der Waals surface area contributed by atoms with Crippen molar-refractivity contribution in [3.05, 3.63) is 48.4 Å². The van der Waals surface area contributed by atoms with Crippen LogP contribution >= 0.6 is 0 Å². The summed E-state index contributed by atoms with van der Waals surface area (Å²) in [5, 5.41) is 9.64. The number of piperidine rings is 1. The Balaban J connectivity index is 1.31. The number of carbonyl (C=O) groups excluding carboxylic acids is 1. The van der Waals surface area contributed by atoms with Gasteiger partial charge in [0, 0.05) is 51.4 Å². The molecule has 2 saturated heterocycles. The highest BCUT2D eigenvalue weighted by Crippen LogP contribution is 2.21. The van der Waals surface area contributed by atoms with Crippen LogP contribution in [0, 0.1) is 0 Å². The van der Waals surface area contributed by atoms with E-state index >= 15 is 0 Å². The zero-order valence-electron chi connectivity index (χ0n) is 15.2. The second-order valence-electron chi connectivity index (χ2n) is 7.09. The summed E-state index contributed by atoms with van der Waals surface area (Å²) in [6.07, 6.45) is 7.27. The molecule has 0 bridgehead atoms. The molecular formula is C20H24N4O3. The summed E-state index contributed by atoms with van der Waals surface area (Å²) >= 11 is 0. The fraction of sp³-hybridized carbons (Fsp3) is 0.450. The van der Waals surface area contributed by atoms with E-state index < -0.39 is 0 Å². The van der Waals surface area contributed by atoms with Gasteiger partial charge in [-0.05, 0) is 30.7 Å². The monoisotopic (exact) mass is 368 g/mol. The minimum atomic E-state index is -0.289. The zero-order chi connectivity index (χ0) is 18.6. The average Bonchev–Trinajstić information content (AvgIpc) is 3.15. The lowest BCUT2D eigenvalue weighted by Crippen LogP contribution is -2.41. The Morgan fingerprint density at radius 1 is 1.11 bits per heavy atom. The maximum Gasteiger partial charge on any atom is 0.255 e. The smallest absolute Gasteiger partial charge is 0.255 e. The van der Waals surface area contributed by atoms with Gasteiger partial charge in [0.05, 0.1) is 17.9 Å². The highest BCUT2D eigenvalue weighted by Gasteiger charge is 2.26. The highest BCUT2D eigenvalue weighted by molar-refractivity contribution is 5.94. The molecule has 2 aliphatic heterocycles. The topological polar surface area (TPSA) is 78.8 Å². The summed E-state index contributed by atoms with van der Waals surface area (Å²) in [7, 11) is 0. The van der Waals surface area contributed by atoms with Gasteiger partial charge in [0.15, 0.2) is 0 Å². The molecule has 2 aromatic heterocycles. The Hall–Kier alpha value is -2.67. The van der Waals surface area contributed by atoms with Gasteiger partial charge in [0.1, 0.15) is 17.7 Å². The van der Waals surface area contributed by atoms with E-state index in [0.717, 1.165) is 37.4 Å². The number of ether oxygens (including phenoxy) is 1. The van der Waals surface area contributed by atoms with Crippen LogP contribution in [0.1, 0.15) is 29.6 Å². The Morgan fingerprint density at radius 3 is 2.59 bits per heavy atom. The van der Waals surface area contributed by atoms with Crippen molar-refractivity contribution in [2.45, 2.75) is 31.5 Å². The number of aromatic nitrogens is 2. The Kier molecular flexibility index (Phi) is 5.20. The van der Waals surface area contributed by atoms with E-state index in [1.54, 1.807) is 18.6 Å². The van der Waals surface area contributed by atoms with E-state index in [2.05, 4.69) is 9.97 Å². The molecule has 7 heteroatoms. The molecular weight excluding hydrogens is 344 g/mol. The molecule has 2 aliphatic rings. The van der Waals surface area contributed by atoms with E-state index in [9.17, 15) is 9.90 Å². The van der Waals surface area contributed by atoms with Crippen LogP contribution in [-0.4, -0.2) is 64.3 Å². The van der Waals surface area contributed by atoms with Crippen molar-refractivity contribution in [3.63, 3.8) is 0 Å². The van der Waals surface area contributed by atoms with Crippen molar-refractivity contribution >= 4 is 11.7 Å². The first-order valence-corrected chi connectivity index (χ1v) is 9.44.